The van der Waals surface area contributed by atoms with E-state index in [0.717, 1.165) is 34.4 Å². The molecule has 2 amide bonds. The molecule has 3 aliphatic rings. The third-order valence-electron chi connectivity index (χ3n) is 16.5. The van der Waals surface area contributed by atoms with Crippen LogP contribution in [0.2, 0.25) is 0 Å². The number of phenols is 3. The van der Waals surface area contributed by atoms with Crippen molar-refractivity contribution >= 4 is 69.6 Å². The first-order valence-electron chi connectivity index (χ1n) is 32.9. The number of rotatable bonds is 20. The van der Waals surface area contributed by atoms with Crippen LogP contribution in [-0.4, -0.2) is 121 Å². The molecule has 101 heavy (non-hydrogen) atoms. The second-order valence-electron chi connectivity index (χ2n) is 27.6. The van der Waals surface area contributed by atoms with Gasteiger partial charge in [-0.3, -0.25) is 14.4 Å². The van der Waals surface area contributed by atoms with Gasteiger partial charge in [-0.05, 0) is 110 Å². The third-order valence-corrected chi connectivity index (χ3v) is 16.5. The molecule has 9 heterocycles. The second kappa shape index (κ2) is 29.8. The Morgan fingerprint density at radius 2 is 0.851 bits per heavy atom. The summed E-state index contributed by atoms with van der Waals surface area (Å²) in [4.78, 5) is 93.7. The number of anilines is 9. The van der Waals surface area contributed by atoms with Crippen LogP contribution in [0.3, 0.4) is 0 Å². The van der Waals surface area contributed by atoms with Crippen LogP contribution in [0, 0.1) is 43.4 Å². The van der Waals surface area contributed by atoms with Gasteiger partial charge in [0.05, 0.1) is 58.1 Å². The third kappa shape index (κ3) is 16.4. The number of carbonyl (C=O) groups is 3. The zero-order valence-corrected chi connectivity index (χ0v) is 59.7. The fraction of sp³-hybridized carbons (Fsp3) is 0.375. The zero-order valence-electron chi connectivity index (χ0n) is 59.7. The van der Waals surface area contributed by atoms with Gasteiger partial charge in [0, 0.05) is 34.1 Å². The molecule has 3 aliphatic heterocycles. The first-order valence-corrected chi connectivity index (χ1v) is 32.9. The standard InChI is InChI=1S/C25H30N6O3.C24H29N7O3.C23H27N7O3/c1-12(2)19(18-10-14(5)15(6)34-18)29-25-24(30-22-23(31-25)27-11-26-22)28-17-9-7-8-16(21(17)33)20(32)13(3)4;1-13-10-11-16(34-13)18(24(2,3)4)28-22-21(29-19-20(30-22)26-12-25-19)27-15-9-7-8-14(17(15)32)23(33)31(5)6;1-23(2,3)17(15-10-7-11-33-15)27-21-20(28-18-19(29-21)25-12-24-18)26-14-9-6-8-13(16(14)31)22(32)30(4)5/h7-10,12-13,19,33H,11H2,1-6H3,(H,26,28,30)(H,27,29,31);7-11,18,32H,12H2,1-6H3,(H,25,27,29)(H,26,28,30);6-11,17,31H,12H2,1-5H3,(H,24,26,28)(H,25,27,29)/t19-;18-;17-/m100/s1. The largest absolute Gasteiger partial charge is 0.505 e. The molecule has 0 saturated carbocycles. The maximum absolute atomic E-state index is 12.5. The molecule has 0 bridgehead atoms. The van der Waals surface area contributed by atoms with Crippen molar-refractivity contribution in [2.75, 3.05) is 80.1 Å². The number of Topliss-reactive ketones (excluding diaryl/α,β-unsaturated/α-hetero) is 1. The molecule has 29 heteroatoms. The smallest absolute Gasteiger partial charge is 0.257 e. The van der Waals surface area contributed by atoms with Gasteiger partial charge in [-0.15, -0.1) is 0 Å². The number of aromatic nitrogens is 6. The van der Waals surface area contributed by atoms with Crippen molar-refractivity contribution < 1.29 is 43.0 Å². The Bertz CT molecular complexity index is 4980. The number of hydrogen-bond donors (Lipinski definition) is 9. The Morgan fingerprint density at radius 1 is 0.465 bits per heavy atom. The van der Waals surface area contributed by atoms with Crippen molar-refractivity contribution in [3.63, 3.8) is 0 Å². The van der Waals surface area contributed by atoms with E-state index >= 15 is 0 Å². The van der Waals surface area contributed by atoms with Crippen LogP contribution in [0.1, 0.15) is 153 Å². The van der Waals surface area contributed by atoms with Crippen LogP contribution < -0.4 is 64.8 Å². The van der Waals surface area contributed by atoms with Crippen molar-refractivity contribution in [1.82, 2.24) is 39.7 Å². The van der Waals surface area contributed by atoms with Crippen LogP contribution in [-0.2, 0) is 0 Å². The summed E-state index contributed by atoms with van der Waals surface area (Å²) in [7, 11) is 6.51. The molecule has 12 rings (SSSR count). The highest BCUT2D eigenvalue weighted by atomic mass is 16.3. The average molecular weight is 1380 g/mol. The van der Waals surface area contributed by atoms with Gasteiger partial charge in [0.25, 0.3) is 11.8 Å². The highest BCUT2D eigenvalue weighted by molar-refractivity contribution is 6.02. The number of phenolic OH excluding ortho intramolecular Hbond substituents is 3. The Hall–Kier alpha value is -11.7. The van der Waals surface area contributed by atoms with Crippen molar-refractivity contribution in [3.8, 4) is 17.2 Å². The minimum Gasteiger partial charge on any atom is -0.505 e. The summed E-state index contributed by atoms with van der Waals surface area (Å²) in [5, 5.41) is 52.1. The topological polar surface area (TPSA) is 381 Å². The highest BCUT2D eigenvalue weighted by Crippen LogP contribution is 2.41. The fourth-order valence-electron chi connectivity index (χ4n) is 10.8. The number of fused-ring (bicyclic) bond motifs is 3. The maximum Gasteiger partial charge on any atom is 0.257 e. The molecule has 0 fully saturated rings. The van der Waals surface area contributed by atoms with Crippen LogP contribution in [0.5, 0.6) is 17.2 Å². The van der Waals surface area contributed by atoms with Gasteiger partial charge < -0.3 is 70.3 Å². The number of furan rings is 3. The van der Waals surface area contributed by atoms with E-state index in [9.17, 15) is 29.7 Å². The van der Waals surface area contributed by atoms with Crippen molar-refractivity contribution in [2.24, 2.45) is 52.6 Å². The lowest BCUT2D eigenvalue weighted by Gasteiger charge is -2.30. The molecular weight excluding hydrogens is 1290 g/mol. The minimum absolute atomic E-state index is 0.131. The number of hydrogen-bond acceptors (Lipinski definition) is 27. The predicted molar refractivity (Wildman–Crippen MR) is 380 cm³/mol. The van der Waals surface area contributed by atoms with Gasteiger partial charge in [-0.1, -0.05) is 87.4 Å². The number of nitrogens with one attached hydrogen (secondary N) is 6. The van der Waals surface area contributed by atoms with Crippen LogP contribution in [0.15, 0.2) is 134 Å². The molecule has 9 N–H and O–H groups in total. The van der Waals surface area contributed by atoms with Gasteiger partial charge in [-0.2, -0.15) is 0 Å². The molecule has 9 aromatic rings. The van der Waals surface area contributed by atoms with Crippen LogP contribution >= 0.6 is 0 Å². The van der Waals surface area contributed by atoms with Crippen LogP contribution in [0.4, 0.5) is 52.0 Å². The number of nitrogens with zero attached hydrogens (tertiary/aromatic N) is 14. The Labute approximate surface area is 583 Å². The summed E-state index contributed by atoms with van der Waals surface area (Å²) in [6.07, 6.45) is 1.63. The van der Waals surface area contributed by atoms with E-state index < -0.39 is 0 Å². The van der Waals surface area contributed by atoms with Gasteiger partial charge >= 0.3 is 0 Å². The number of amides is 2. The van der Waals surface area contributed by atoms with E-state index in [2.05, 4.69) is 147 Å². The fourth-order valence-corrected chi connectivity index (χ4v) is 10.8. The summed E-state index contributed by atoms with van der Waals surface area (Å²) in [5.41, 5.74) is 4.80. The normalized spacial score (nSPS) is 13.5. The van der Waals surface area contributed by atoms with E-state index in [1.807, 2.05) is 51.1 Å². The lowest BCUT2D eigenvalue weighted by Crippen LogP contribution is -2.33. The molecule has 528 valence electrons. The highest BCUT2D eigenvalue weighted by Gasteiger charge is 2.33. The number of ketones is 1. The van der Waals surface area contributed by atoms with E-state index in [1.54, 1.807) is 103 Å². The first kappa shape index (κ1) is 72.1. The van der Waals surface area contributed by atoms with E-state index in [0.29, 0.717) is 84.9 Å². The molecule has 0 saturated heterocycles. The number of para-hydroxylation sites is 3. The van der Waals surface area contributed by atoms with Gasteiger partial charge in [0.15, 0.2) is 85.1 Å². The number of aryl methyl sites for hydroxylation is 3. The average Bonchev–Trinajstić information content (AvgIpc) is 1.78. The summed E-state index contributed by atoms with van der Waals surface area (Å²) in [6.45, 7) is 27.0. The van der Waals surface area contributed by atoms with Crippen molar-refractivity contribution in [2.45, 2.75) is 108 Å². The van der Waals surface area contributed by atoms with Gasteiger partial charge in [0.1, 0.15) is 54.6 Å². The summed E-state index contributed by atoms with van der Waals surface area (Å²) in [5.74, 6) is 5.04. The second-order valence-corrected chi connectivity index (χ2v) is 27.6. The molecule has 0 unspecified atom stereocenters. The number of aromatic hydroxyl groups is 3. The van der Waals surface area contributed by atoms with Crippen molar-refractivity contribution in [3.05, 3.63) is 175 Å². The van der Waals surface area contributed by atoms with Crippen LogP contribution in [0.25, 0.3) is 0 Å². The number of carbonyl (C=O) groups excluding carboxylic acids is 3. The van der Waals surface area contributed by atoms with Gasteiger partial charge in [0.2, 0.25) is 0 Å². The molecule has 3 aromatic carbocycles. The lowest BCUT2D eigenvalue weighted by atomic mass is 9.85. The van der Waals surface area contributed by atoms with E-state index in [-0.39, 0.29) is 112 Å². The minimum atomic E-state index is -0.311. The lowest BCUT2D eigenvalue weighted by molar-refractivity contribution is 0.0817. The summed E-state index contributed by atoms with van der Waals surface area (Å²) >= 11 is 0. The first-order chi connectivity index (χ1) is 47.8. The maximum atomic E-state index is 12.5. The Morgan fingerprint density at radius 3 is 1.19 bits per heavy atom. The molecule has 0 radical (unpaired) electrons. The predicted octanol–water partition coefficient (Wildman–Crippen LogP) is 9.56. The zero-order chi connectivity index (χ0) is 72.9. The molecule has 3 atom stereocenters. The Kier molecular flexibility index (Phi) is 21.3. The SMILES string of the molecule is CN(C)C(=O)c1cccc(Nc2nc3c(nc2N[C@@H](c2ccco2)C(C)(C)C)=NCN=3)c1O.Cc1cc([C@H](Nc2nc3c(nc2Nc2cccc(C(=O)C(C)C)c2O)=NCN=3)C(C)C)oc1C.Cc1ccc([C@H](Nc2nc3c(nc2Nc2cccc(C(=O)N(C)C)c2O)=NCN=3)C(C)(C)C)o1. The quantitative estimate of drug-likeness (QED) is 0.0253. The molecule has 0 aliphatic carbocycles. The number of benzene rings is 3. The monoisotopic (exact) mass is 1370 g/mol. The molecule has 0 spiro atoms. The van der Waals surface area contributed by atoms with Crippen molar-refractivity contribution in [1.29, 1.82) is 0 Å². The van der Waals surface area contributed by atoms with E-state index in [4.69, 9.17) is 13.3 Å². The summed E-state index contributed by atoms with van der Waals surface area (Å²) in [6, 6.07) is 23.8. The summed E-state index contributed by atoms with van der Waals surface area (Å²) < 4.78 is 17.6. The molecule has 6 aromatic heterocycles. The van der Waals surface area contributed by atoms with E-state index in [1.165, 1.54) is 9.80 Å². The molecule has 29 nitrogen and oxygen atoms in total. The molecular formula is C72H86N20O9. The van der Waals surface area contributed by atoms with Gasteiger partial charge in [-0.25, -0.2) is 59.9 Å². The Balaban J connectivity index is 0.000000163.